The Morgan fingerprint density at radius 1 is 1.11 bits per heavy atom. The minimum Gasteiger partial charge on any atom is -0.356 e. The number of rotatable bonds is 5. The summed E-state index contributed by atoms with van der Waals surface area (Å²) in [6.45, 7) is 5.59. The van der Waals surface area contributed by atoms with Gasteiger partial charge in [0, 0.05) is 73.4 Å². The maximum absolute atomic E-state index is 12.0. The van der Waals surface area contributed by atoms with Gasteiger partial charge in [-0.1, -0.05) is 6.92 Å². The second-order valence-corrected chi connectivity index (χ2v) is 10.4. The maximum Gasteiger partial charge on any atom is 0.217 e. The number of pyridine rings is 2. The lowest BCUT2D eigenvalue weighted by Crippen LogP contribution is -2.62. The summed E-state index contributed by atoms with van der Waals surface area (Å²) in [4.78, 5) is 19.2. The molecule has 0 aromatic carbocycles. The third-order valence-corrected chi connectivity index (χ3v) is 8.35. The molecule has 2 aliphatic rings. The highest BCUT2D eigenvalue weighted by Crippen LogP contribution is 2.47. The van der Waals surface area contributed by atoms with E-state index in [2.05, 4.69) is 51.6 Å². The summed E-state index contributed by atoms with van der Waals surface area (Å²) in [7, 11) is 1.89. The Labute approximate surface area is 215 Å². The Kier molecular flexibility index (Phi) is 5.48. The number of nitrogens with zero attached hydrogens (tertiary/aromatic N) is 7. The van der Waals surface area contributed by atoms with Crippen molar-refractivity contribution in [1.82, 2.24) is 29.7 Å². The first-order valence-corrected chi connectivity index (χ1v) is 12.8. The van der Waals surface area contributed by atoms with Crippen LogP contribution < -0.4 is 10.2 Å². The van der Waals surface area contributed by atoms with Crippen molar-refractivity contribution in [2.75, 3.05) is 18.0 Å². The second-order valence-electron chi connectivity index (χ2n) is 10.4. The number of hydrogen-bond acceptors (Lipinski definition) is 6. The molecule has 9 nitrogen and oxygen atoms in total. The van der Waals surface area contributed by atoms with Crippen LogP contribution in [0.4, 0.5) is 5.82 Å². The molecule has 37 heavy (non-hydrogen) atoms. The molecule has 1 N–H and O–H groups in total. The first-order valence-electron chi connectivity index (χ1n) is 12.8. The molecule has 0 radical (unpaired) electrons. The molecule has 1 aliphatic carbocycles. The molecule has 1 aliphatic heterocycles. The number of carbonyl (C=O) groups excluding carboxylic acids is 1. The fourth-order valence-electron chi connectivity index (χ4n) is 6.63. The molecule has 2 bridgehead atoms. The van der Waals surface area contributed by atoms with Crippen molar-refractivity contribution in [3.63, 3.8) is 0 Å². The molecule has 9 heteroatoms. The molecule has 2 atom stereocenters. The predicted molar refractivity (Wildman–Crippen MR) is 141 cm³/mol. The lowest BCUT2D eigenvalue weighted by atomic mass is 9.75. The van der Waals surface area contributed by atoms with Gasteiger partial charge >= 0.3 is 0 Å². The van der Waals surface area contributed by atoms with Crippen LogP contribution in [0.25, 0.3) is 27.8 Å². The van der Waals surface area contributed by atoms with Gasteiger partial charge in [-0.3, -0.25) is 9.48 Å². The van der Waals surface area contributed by atoms with E-state index in [0.717, 1.165) is 65.9 Å². The van der Waals surface area contributed by atoms with Gasteiger partial charge in [-0.2, -0.15) is 15.5 Å². The van der Waals surface area contributed by atoms with Gasteiger partial charge in [0.2, 0.25) is 5.91 Å². The minimum atomic E-state index is -0.101. The van der Waals surface area contributed by atoms with Crippen molar-refractivity contribution in [2.45, 2.75) is 38.6 Å². The number of carbonyl (C=O) groups is 1. The average molecular weight is 495 g/mol. The molecule has 6 rings (SSSR count). The van der Waals surface area contributed by atoms with E-state index in [0.29, 0.717) is 17.4 Å². The van der Waals surface area contributed by atoms with Crippen LogP contribution in [-0.4, -0.2) is 48.9 Å². The molecule has 2 unspecified atom stereocenters. The van der Waals surface area contributed by atoms with Gasteiger partial charge in [-0.25, -0.2) is 9.50 Å². The van der Waals surface area contributed by atoms with Gasteiger partial charge in [0.05, 0.1) is 23.5 Å². The largest absolute Gasteiger partial charge is 0.356 e. The second kappa shape index (κ2) is 8.73. The van der Waals surface area contributed by atoms with Crippen LogP contribution in [0.5, 0.6) is 0 Å². The summed E-state index contributed by atoms with van der Waals surface area (Å²) in [5, 5.41) is 21.8. The van der Waals surface area contributed by atoms with Gasteiger partial charge in [0.25, 0.3) is 0 Å². The first-order chi connectivity index (χ1) is 17.9. The Bertz CT molecular complexity index is 1510. The summed E-state index contributed by atoms with van der Waals surface area (Å²) in [5.41, 5.74) is 4.97. The third-order valence-electron chi connectivity index (χ3n) is 8.35. The van der Waals surface area contributed by atoms with E-state index < -0.39 is 0 Å². The molecule has 1 saturated carbocycles. The number of fused-ring (bicyclic) bond motifs is 3. The van der Waals surface area contributed by atoms with Gasteiger partial charge in [0.1, 0.15) is 11.9 Å². The number of anilines is 1. The molecule has 5 heterocycles. The standard InChI is InChI=1S/C28H30N8O/c1-4-28(33-18(2)37)23-6-7-24(28)17-35(16-23)26-8-5-19(11-30-26)25-9-20(22-13-31-34(3)14-22)15-36-27(25)21(10-29)12-32-36/h5,8-9,11-15,23-24H,4,6-7,16-17H2,1-3H3,(H,33,37). The molecule has 1 saturated heterocycles. The zero-order chi connectivity index (χ0) is 25.7. The van der Waals surface area contributed by atoms with E-state index in [-0.39, 0.29) is 11.4 Å². The quantitative estimate of drug-likeness (QED) is 0.453. The highest BCUT2D eigenvalue weighted by atomic mass is 16.1. The average Bonchev–Trinajstić information content (AvgIpc) is 3.56. The van der Waals surface area contributed by atoms with Crippen LogP contribution >= 0.6 is 0 Å². The van der Waals surface area contributed by atoms with E-state index in [1.165, 1.54) is 0 Å². The SMILES string of the molecule is CCC1(NC(C)=O)C2CCC1CN(c1ccc(-c3cc(-c4cnn(C)c4)cn4ncc(C#N)c34)cn1)C2. The summed E-state index contributed by atoms with van der Waals surface area (Å²) >= 11 is 0. The first kappa shape index (κ1) is 23.2. The Morgan fingerprint density at radius 3 is 2.49 bits per heavy atom. The summed E-state index contributed by atoms with van der Waals surface area (Å²) in [5.74, 6) is 1.84. The Hall–Kier alpha value is -4.19. The highest BCUT2D eigenvalue weighted by molar-refractivity contribution is 5.87. The van der Waals surface area contributed by atoms with Gasteiger partial charge in [0.15, 0.2) is 0 Å². The zero-order valence-corrected chi connectivity index (χ0v) is 21.3. The molecule has 4 aromatic rings. The number of nitrogens with one attached hydrogen (secondary N) is 1. The van der Waals surface area contributed by atoms with Gasteiger partial charge < -0.3 is 10.2 Å². The normalized spacial score (nSPS) is 22.8. The van der Waals surface area contributed by atoms with E-state index in [4.69, 9.17) is 4.98 Å². The molecule has 4 aromatic heterocycles. The lowest BCUT2D eigenvalue weighted by Gasteiger charge is -2.48. The van der Waals surface area contributed by atoms with Crippen LogP contribution in [0.1, 0.15) is 38.7 Å². The monoisotopic (exact) mass is 494 g/mol. The molecule has 2 fully saturated rings. The molecular formula is C28H30N8O. The number of aromatic nitrogens is 5. The van der Waals surface area contributed by atoms with E-state index in [9.17, 15) is 10.1 Å². The van der Waals surface area contributed by atoms with Crippen molar-refractivity contribution in [3.05, 3.63) is 54.7 Å². The topological polar surface area (TPSA) is 104 Å². The van der Waals surface area contributed by atoms with Crippen LogP contribution in [0.15, 0.2) is 49.2 Å². The van der Waals surface area contributed by atoms with Crippen LogP contribution in [0.3, 0.4) is 0 Å². The van der Waals surface area contributed by atoms with Crippen molar-refractivity contribution in [1.29, 1.82) is 5.26 Å². The summed E-state index contributed by atoms with van der Waals surface area (Å²) in [6, 6.07) is 8.50. The molecule has 188 valence electrons. The van der Waals surface area contributed by atoms with Crippen LogP contribution in [-0.2, 0) is 11.8 Å². The van der Waals surface area contributed by atoms with Crippen molar-refractivity contribution < 1.29 is 4.79 Å². The number of aryl methyl sites for hydroxylation is 1. The number of hydrogen-bond donors (Lipinski definition) is 1. The third kappa shape index (κ3) is 3.75. The van der Waals surface area contributed by atoms with Crippen LogP contribution in [0.2, 0.25) is 0 Å². The minimum absolute atomic E-state index is 0.0612. The van der Waals surface area contributed by atoms with E-state index in [1.807, 2.05) is 31.8 Å². The fraction of sp³-hybridized carbons (Fsp3) is 0.393. The number of amides is 1. The van der Waals surface area contributed by atoms with Crippen molar-refractivity contribution in [2.24, 2.45) is 18.9 Å². The smallest absolute Gasteiger partial charge is 0.217 e. The predicted octanol–water partition coefficient (Wildman–Crippen LogP) is 3.80. The maximum atomic E-state index is 12.0. The highest BCUT2D eigenvalue weighted by Gasteiger charge is 2.53. The number of piperidine rings is 1. The molecular weight excluding hydrogens is 464 g/mol. The van der Waals surface area contributed by atoms with Gasteiger partial charge in [-0.05, 0) is 49.3 Å². The fourth-order valence-corrected chi connectivity index (χ4v) is 6.63. The summed E-state index contributed by atoms with van der Waals surface area (Å²) in [6.07, 6.45) is 12.4. The van der Waals surface area contributed by atoms with Crippen molar-refractivity contribution >= 4 is 17.2 Å². The zero-order valence-electron chi connectivity index (χ0n) is 21.3. The lowest BCUT2D eigenvalue weighted by molar-refractivity contribution is -0.122. The van der Waals surface area contributed by atoms with E-state index in [1.54, 1.807) is 22.3 Å². The van der Waals surface area contributed by atoms with Gasteiger partial charge in [-0.15, -0.1) is 0 Å². The van der Waals surface area contributed by atoms with Crippen molar-refractivity contribution in [3.8, 4) is 28.3 Å². The number of nitriles is 1. The molecule has 0 spiro atoms. The van der Waals surface area contributed by atoms with E-state index >= 15 is 0 Å². The Balaban J connectivity index is 1.34. The van der Waals surface area contributed by atoms with Crippen LogP contribution in [0, 0.1) is 23.2 Å². The molecule has 1 amide bonds. The Morgan fingerprint density at radius 2 is 1.89 bits per heavy atom. The summed E-state index contributed by atoms with van der Waals surface area (Å²) < 4.78 is 3.53.